The van der Waals surface area contributed by atoms with Gasteiger partial charge >= 0.3 is 0 Å². The van der Waals surface area contributed by atoms with E-state index in [1.807, 2.05) is 26.0 Å². The number of hydrazine groups is 1. The fraction of sp³-hybridized carbons (Fsp3) is 0.333. The van der Waals surface area contributed by atoms with E-state index in [9.17, 15) is 4.79 Å². The van der Waals surface area contributed by atoms with Gasteiger partial charge < -0.3 is 15.2 Å². The number of carbonyl (C=O) groups is 1. The van der Waals surface area contributed by atoms with E-state index in [1.165, 1.54) is 0 Å². The summed E-state index contributed by atoms with van der Waals surface area (Å²) in [4.78, 5) is 16.4. The van der Waals surface area contributed by atoms with Gasteiger partial charge in [-0.05, 0) is 44.5 Å². The van der Waals surface area contributed by atoms with Crippen LogP contribution in [0.2, 0.25) is 0 Å². The fourth-order valence-electron chi connectivity index (χ4n) is 2.07. The summed E-state index contributed by atoms with van der Waals surface area (Å²) in [6.07, 6.45) is 3.25. The van der Waals surface area contributed by atoms with Crippen LogP contribution in [0, 0.1) is 6.92 Å². The molecule has 2 aromatic heterocycles. The molecule has 1 atom stereocenters. The van der Waals surface area contributed by atoms with Gasteiger partial charge in [0.2, 0.25) is 0 Å². The van der Waals surface area contributed by atoms with Gasteiger partial charge in [0.1, 0.15) is 11.6 Å². The van der Waals surface area contributed by atoms with Crippen molar-refractivity contribution in [3.8, 4) is 0 Å². The highest BCUT2D eigenvalue weighted by Crippen LogP contribution is 2.10. The number of rotatable bonds is 6. The van der Waals surface area contributed by atoms with Crippen LogP contribution < -0.4 is 16.6 Å². The number of furan rings is 1. The first kappa shape index (κ1) is 15.1. The van der Waals surface area contributed by atoms with E-state index in [1.54, 1.807) is 18.4 Å². The van der Waals surface area contributed by atoms with E-state index in [0.717, 1.165) is 24.3 Å². The van der Waals surface area contributed by atoms with Gasteiger partial charge in [0, 0.05) is 23.7 Å². The lowest BCUT2D eigenvalue weighted by Crippen LogP contribution is -2.33. The van der Waals surface area contributed by atoms with Crippen LogP contribution in [0.4, 0.5) is 5.82 Å². The number of aromatic nitrogens is 1. The molecule has 0 aliphatic rings. The van der Waals surface area contributed by atoms with E-state index < -0.39 is 0 Å². The first-order valence-corrected chi connectivity index (χ1v) is 6.87. The lowest BCUT2D eigenvalue weighted by molar-refractivity contribution is 0.0938. The summed E-state index contributed by atoms with van der Waals surface area (Å²) in [6.45, 7) is 3.79. The van der Waals surface area contributed by atoms with Crippen molar-refractivity contribution in [2.24, 2.45) is 5.84 Å². The van der Waals surface area contributed by atoms with Crippen molar-refractivity contribution >= 4 is 11.7 Å². The Morgan fingerprint density at radius 1 is 1.48 bits per heavy atom. The summed E-state index contributed by atoms with van der Waals surface area (Å²) in [5.74, 6) is 6.60. The van der Waals surface area contributed by atoms with E-state index in [0.29, 0.717) is 11.4 Å². The highest BCUT2D eigenvalue weighted by atomic mass is 16.3. The maximum atomic E-state index is 12.2. The first-order valence-electron chi connectivity index (χ1n) is 6.87. The number of nitrogens with two attached hydrogens (primary N) is 1. The molecule has 1 unspecified atom stereocenters. The summed E-state index contributed by atoms with van der Waals surface area (Å²) in [6, 6.07) is 7.20. The van der Waals surface area contributed by atoms with Crippen molar-refractivity contribution in [2.75, 3.05) is 5.43 Å². The molecular formula is C15H20N4O2. The average molecular weight is 288 g/mol. The Balaban J connectivity index is 1.92. The van der Waals surface area contributed by atoms with Gasteiger partial charge in [-0.25, -0.2) is 10.8 Å². The lowest BCUT2D eigenvalue weighted by Gasteiger charge is -2.14. The van der Waals surface area contributed by atoms with Gasteiger partial charge in [-0.2, -0.15) is 0 Å². The molecule has 1 amide bonds. The number of hydrogen-bond acceptors (Lipinski definition) is 5. The Morgan fingerprint density at radius 3 is 2.95 bits per heavy atom. The van der Waals surface area contributed by atoms with Crippen molar-refractivity contribution < 1.29 is 9.21 Å². The van der Waals surface area contributed by atoms with E-state index in [-0.39, 0.29) is 11.9 Å². The largest absolute Gasteiger partial charge is 0.469 e. The minimum Gasteiger partial charge on any atom is -0.469 e. The van der Waals surface area contributed by atoms with Gasteiger partial charge in [0.05, 0.1) is 6.26 Å². The highest BCUT2D eigenvalue weighted by molar-refractivity contribution is 5.95. The van der Waals surface area contributed by atoms with Gasteiger partial charge in [0.25, 0.3) is 5.91 Å². The lowest BCUT2D eigenvalue weighted by atomic mass is 10.1. The third-order valence-corrected chi connectivity index (χ3v) is 3.14. The molecule has 6 heteroatoms. The van der Waals surface area contributed by atoms with Crippen LogP contribution in [0.25, 0.3) is 0 Å². The van der Waals surface area contributed by atoms with Crippen LogP contribution in [0.3, 0.4) is 0 Å². The number of nitrogens with one attached hydrogen (secondary N) is 2. The zero-order chi connectivity index (χ0) is 15.2. The summed E-state index contributed by atoms with van der Waals surface area (Å²) in [5.41, 5.74) is 3.73. The Kier molecular flexibility index (Phi) is 4.94. The van der Waals surface area contributed by atoms with Crippen molar-refractivity contribution in [1.82, 2.24) is 10.3 Å². The molecule has 0 aliphatic carbocycles. The van der Waals surface area contributed by atoms with E-state index in [4.69, 9.17) is 10.3 Å². The summed E-state index contributed by atoms with van der Waals surface area (Å²) < 4.78 is 5.28. The molecule has 0 saturated carbocycles. The molecule has 0 aliphatic heterocycles. The number of nitrogen functional groups attached to an aromatic ring is 1. The maximum Gasteiger partial charge on any atom is 0.251 e. The quantitative estimate of drug-likeness (QED) is 0.558. The number of amides is 1. The van der Waals surface area contributed by atoms with E-state index >= 15 is 0 Å². The SMILES string of the molecule is Cc1cc(C(=O)NC(C)CCc2ccco2)cc(NN)n1. The predicted molar refractivity (Wildman–Crippen MR) is 80.7 cm³/mol. The number of hydrogen-bond donors (Lipinski definition) is 3. The molecule has 2 aromatic rings. The smallest absolute Gasteiger partial charge is 0.251 e. The Morgan fingerprint density at radius 2 is 2.29 bits per heavy atom. The van der Waals surface area contributed by atoms with Crippen molar-refractivity contribution in [2.45, 2.75) is 32.7 Å². The summed E-state index contributed by atoms with van der Waals surface area (Å²) >= 11 is 0. The van der Waals surface area contributed by atoms with Crippen molar-refractivity contribution in [3.05, 3.63) is 47.5 Å². The molecule has 0 bridgehead atoms. The highest BCUT2D eigenvalue weighted by Gasteiger charge is 2.12. The number of pyridine rings is 1. The molecule has 2 rings (SSSR count). The number of nitrogens with zero attached hydrogens (tertiary/aromatic N) is 1. The Bertz CT molecular complexity index is 596. The maximum absolute atomic E-state index is 12.2. The molecule has 6 nitrogen and oxygen atoms in total. The molecule has 0 fully saturated rings. The second-order valence-corrected chi connectivity index (χ2v) is 5.02. The fourth-order valence-corrected chi connectivity index (χ4v) is 2.07. The average Bonchev–Trinajstić information content (AvgIpc) is 2.97. The van der Waals surface area contributed by atoms with Crippen LogP contribution in [0.5, 0.6) is 0 Å². The molecule has 2 heterocycles. The minimum atomic E-state index is -0.135. The van der Waals surface area contributed by atoms with E-state index in [2.05, 4.69) is 15.7 Å². The van der Waals surface area contributed by atoms with Crippen molar-refractivity contribution in [1.29, 1.82) is 0 Å². The van der Waals surface area contributed by atoms with Gasteiger partial charge in [-0.1, -0.05) is 0 Å². The van der Waals surface area contributed by atoms with Gasteiger partial charge in [-0.15, -0.1) is 0 Å². The second kappa shape index (κ2) is 6.90. The van der Waals surface area contributed by atoms with Gasteiger partial charge in [0.15, 0.2) is 0 Å². The third-order valence-electron chi connectivity index (χ3n) is 3.14. The molecule has 4 N–H and O–H groups in total. The number of anilines is 1. The molecule has 0 spiro atoms. The van der Waals surface area contributed by atoms with Gasteiger partial charge in [-0.3, -0.25) is 4.79 Å². The zero-order valence-corrected chi connectivity index (χ0v) is 12.2. The molecule has 0 radical (unpaired) electrons. The Hall–Kier alpha value is -2.34. The van der Waals surface area contributed by atoms with Crippen LogP contribution in [-0.2, 0) is 6.42 Å². The predicted octanol–water partition coefficient (Wildman–Crippen LogP) is 2.02. The normalized spacial score (nSPS) is 12.0. The Labute approximate surface area is 123 Å². The number of carbonyl (C=O) groups excluding carboxylic acids is 1. The molecule has 112 valence electrons. The van der Waals surface area contributed by atoms with Crippen LogP contribution in [-0.4, -0.2) is 16.9 Å². The standard InChI is InChI=1S/C15H20N4O2/c1-10(5-6-13-4-3-7-21-13)18-15(20)12-8-11(2)17-14(9-12)19-16/h3-4,7-10H,5-6,16H2,1-2H3,(H,17,19)(H,18,20). The monoisotopic (exact) mass is 288 g/mol. The minimum absolute atomic E-state index is 0.0466. The zero-order valence-electron chi connectivity index (χ0n) is 12.2. The third kappa shape index (κ3) is 4.32. The molecule has 21 heavy (non-hydrogen) atoms. The first-order chi connectivity index (χ1) is 10.1. The summed E-state index contributed by atoms with van der Waals surface area (Å²) in [5, 5.41) is 2.96. The number of aryl methyl sites for hydroxylation is 2. The molecular weight excluding hydrogens is 268 g/mol. The van der Waals surface area contributed by atoms with Crippen molar-refractivity contribution in [3.63, 3.8) is 0 Å². The second-order valence-electron chi connectivity index (χ2n) is 5.02. The summed E-state index contributed by atoms with van der Waals surface area (Å²) in [7, 11) is 0. The van der Waals surface area contributed by atoms with Crippen LogP contribution in [0.15, 0.2) is 34.9 Å². The molecule has 0 aromatic carbocycles. The van der Waals surface area contributed by atoms with Crippen LogP contribution in [0.1, 0.15) is 35.2 Å². The molecule has 0 saturated heterocycles. The van der Waals surface area contributed by atoms with Crippen LogP contribution >= 0.6 is 0 Å². The topological polar surface area (TPSA) is 93.2 Å².